The number of carboxylic acids is 2. The molecule has 0 aliphatic rings. The van der Waals surface area contributed by atoms with E-state index < -0.39 is 48.2 Å². The van der Waals surface area contributed by atoms with Gasteiger partial charge >= 0.3 is 11.9 Å². The summed E-state index contributed by atoms with van der Waals surface area (Å²) >= 11 is 0. The number of nitrogens with zero attached hydrogens (tertiary/aromatic N) is 2. The van der Waals surface area contributed by atoms with Gasteiger partial charge in [0.2, 0.25) is 0 Å². The number of nitro groups is 1. The summed E-state index contributed by atoms with van der Waals surface area (Å²) in [6.07, 6.45) is 0. The average Bonchev–Trinajstić information content (AvgIpc) is 2.44. The smallest absolute Gasteiger partial charge is 0.323 e. The minimum absolute atomic E-state index is 0.0235. The second-order valence-electron chi connectivity index (χ2n) is 4.21. The van der Waals surface area contributed by atoms with Crippen LogP contribution in [0.5, 0.6) is 0 Å². The van der Waals surface area contributed by atoms with E-state index in [0.29, 0.717) is 4.90 Å². The van der Waals surface area contributed by atoms with E-state index in [-0.39, 0.29) is 11.1 Å². The highest BCUT2D eigenvalue weighted by molar-refractivity contribution is 5.98. The third-order valence-electron chi connectivity index (χ3n) is 2.64. The number of carbonyl (C=O) groups is 3. The van der Waals surface area contributed by atoms with E-state index in [2.05, 4.69) is 0 Å². The molecule has 0 spiro atoms. The molecule has 118 valence electrons. The second-order valence-corrected chi connectivity index (χ2v) is 4.21. The fourth-order valence-corrected chi connectivity index (χ4v) is 1.71. The largest absolute Gasteiger partial charge is 0.480 e. The number of aliphatic hydroxyl groups excluding tert-OH is 1. The fourth-order valence-electron chi connectivity index (χ4n) is 1.71. The Hall–Kier alpha value is -3.01. The first-order valence-corrected chi connectivity index (χ1v) is 5.87. The first-order chi connectivity index (χ1) is 10.3. The molecule has 1 amide bonds. The number of carboxylic acid groups (broad SMARTS) is 2. The number of amides is 1. The standard InChI is InChI=1S/C12H12N2O8/c15-6-8-2-1-7(3-9(8)14(21)22)12(20)13(4-10(16)17)5-11(18)19/h1-3,15H,4-6H2,(H,16,17)(H,18,19). The minimum Gasteiger partial charge on any atom is -0.480 e. The number of aliphatic carboxylic acids is 2. The van der Waals surface area contributed by atoms with Gasteiger partial charge in [0.15, 0.2) is 0 Å². The van der Waals surface area contributed by atoms with Crippen molar-refractivity contribution < 1.29 is 34.6 Å². The van der Waals surface area contributed by atoms with Crippen molar-refractivity contribution in [3.8, 4) is 0 Å². The number of benzene rings is 1. The zero-order chi connectivity index (χ0) is 16.9. The van der Waals surface area contributed by atoms with Crippen LogP contribution in [0.15, 0.2) is 18.2 Å². The maximum absolute atomic E-state index is 12.1. The fraction of sp³-hybridized carbons (Fsp3) is 0.250. The third kappa shape index (κ3) is 4.24. The second kappa shape index (κ2) is 7.13. The Bertz CT molecular complexity index is 612. The molecular formula is C12H12N2O8. The van der Waals surface area contributed by atoms with Crippen molar-refractivity contribution in [3.05, 3.63) is 39.4 Å². The Morgan fingerprint density at radius 3 is 2.09 bits per heavy atom. The number of hydrogen-bond donors (Lipinski definition) is 3. The molecule has 0 aliphatic heterocycles. The Labute approximate surface area is 123 Å². The summed E-state index contributed by atoms with van der Waals surface area (Å²) < 4.78 is 0. The molecule has 0 heterocycles. The van der Waals surface area contributed by atoms with E-state index in [0.717, 1.165) is 18.2 Å². The first kappa shape index (κ1) is 17.0. The minimum atomic E-state index is -1.42. The number of carbonyl (C=O) groups excluding carboxylic acids is 1. The van der Waals surface area contributed by atoms with Crippen molar-refractivity contribution in [2.75, 3.05) is 13.1 Å². The number of aliphatic hydroxyl groups is 1. The van der Waals surface area contributed by atoms with Crippen LogP contribution in [0.25, 0.3) is 0 Å². The summed E-state index contributed by atoms with van der Waals surface area (Å²) in [5.74, 6) is -3.82. The number of hydrogen-bond acceptors (Lipinski definition) is 6. The number of nitro benzene ring substituents is 1. The van der Waals surface area contributed by atoms with Gasteiger partial charge in [0.1, 0.15) is 13.1 Å². The quantitative estimate of drug-likeness (QED) is 0.457. The number of rotatable bonds is 7. The Morgan fingerprint density at radius 2 is 1.68 bits per heavy atom. The highest BCUT2D eigenvalue weighted by Crippen LogP contribution is 2.21. The van der Waals surface area contributed by atoms with Crippen molar-refractivity contribution in [2.45, 2.75) is 6.61 Å². The van der Waals surface area contributed by atoms with Gasteiger partial charge in [-0.25, -0.2) is 0 Å². The van der Waals surface area contributed by atoms with Crippen LogP contribution in [0.3, 0.4) is 0 Å². The van der Waals surface area contributed by atoms with Gasteiger partial charge in [-0.05, 0) is 12.1 Å². The van der Waals surface area contributed by atoms with Crippen LogP contribution >= 0.6 is 0 Å². The molecule has 10 heteroatoms. The van der Waals surface area contributed by atoms with Gasteiger partial charge in [-0.3, -0.25) is 24.5 Å². The molecule has 0 radical (unpaired) electrons. The lowest BCUT2D eigenvalue weighted by Crippen LogP contribution is -2.39. The normalized spacial score (nSPS) is 10.0. The van der Waals surface area contributed by atoms with Crippen LogP contribution in [0.4, 0.5) is 5.69 Å². The van der Waals surface area contributed by atoms with Gasteiger partial charge in [0, 0.05) is 11.6 Å². The van der Waals surface area contributed by atoms with Crippen LogP contribution < -0.4 is 0 Å². The van der Waals surface area contributed by atoms with Crippen molar-refractivity contribution in [3.63, 3.8) is 0 Å². The highest BCUT2D eigenvalue weighted by atomic mass is 16.6. The van der Waals surface area contributed by atoms with Gasteiger partial charge in [-0.15, -0.1) is 0 Å². The highest BCUT2D eigenvalue weighted by Gasteiger charge is 2.24. The molecule has 0 aromatic heterocycles. The molecule has 0 bridgehead atoms. The zero-order valence-corrected chi connectivity index (χ0v) is 11.1. The third-order valence-corrected chi connectivity index (χ3v) is 2.64. The van der Waals surface area contributed by atoms with Crippen LogP contribution in [-0.4, -0.2) is 56.1 Å². The van der Waals surface area contributed by atoms with Crippen LogP contribution in [0.2, 0.25) is 0 Å². The van der Waals surface area contributed by atoms with E-state index in [1.807, 2.05) is 0 Å². The molecule has 1 rings (SSSR count). The van der Waals surface area contributed by atoms with Gasteiger partial charge in [0.05, 0.1) is 17.1 Å². The summed E-state index contributed by atoms with van der Waals surface area (Å²) in [5.41, 5.74) is -0.782. The Kier molecular flexibility index (Phi) is 5.52. The Morgan fingerprint density at radius 1 is 1.14 bits per heavy atom. The predicted molar refractivity (Wildman–Crippen MR) is 70.2 cm³/mol. The summed E-state index contributed by atoms with van der Waals surface area (Å²) in [6, 6.07) is 3.16. The van der Waals surface area contributed by atoms with Gasteiger partial charge in [-0.1, -0.05) is 0 Å². The van der Waals surface area contributed by atoms with E-state index in [1.54, 1.807) is 0 Å². The van der Waals surface area contributed by atoms with Crippen molar-refractivity contribution in [1.29, 1.82) is 0 Å². The van der Waals surface area contributed by atoms with Crippen molar-refractivity contribution >= 4 is 23.5 Å². The molecular weight excluding hydrogens is 300 g/mol. The van der Waals surface area contributed by atoms with E-state index in [9.17, 15) is 24.5 Å². The van der Waals surface area contributed by atoms with E-state index in [1.165, 1.54) is 0 Å². The SMILES string of the molecule is O=C(O)CN(CC(=O)O)C(=O)c1ccc(CO)c([N+](=O)[O-])c1. The summed E-state index contributed by atoms with van der Waals surface area (Å²) in [7, 11) is 0. The van der Waals surface area contributed by atoms with Gasteiger partial charge in [-0.2, -0.15) is 0 Å². The molecule has 1 aromatic rings. The molecule has 22 heavy (non-hydrogen) atoms. The lowest BCUT2D eigenvalue weighted by molar-refractivity contribution is -0.385. The molecule has 0 saturated heterocycles. The first-order valence-electron chi connectivity index (χ1n) is 5.87. The van der Waals surface area contributed by atoms with Gasteiger partial charge in [0.25, 0.3) is 11.6 Å². The maximum atomic E-state index is 12.1. The van der Waals surface area contributed by atoms with Crippen molar-refractivity contribution in [1.82, 2.24) is 4.90 Å². The van der Waals surface area contributed by atoms with Crippen molar-refractivity contribution in [2.24, 2.45) is 0 Å². The predicted octanol–water partition coefficient (Wildman–Crippen LogP) is -0.301. The van der Waals surface area contributed by atoms with E-state index >= 15 is 0 Å². The van der Waals surface area contributed by atoms with Crippen LogP contribution in [0, 0.1) is 10.1 Å². The summed E-state index contributed by atoms with van der Waals surface area (Å²) in [4.78, 5) is 44.0. The molecule has 0 unspecified atom stereocenters. The molecule has 10 nitrogen and oxygen atoms in total. The molecule has 0 aliphatic carbocycles. The molecule has 0 saturated carbocycles. The Balaban J connectivity index is 3.18. The van der Waals surface area contributed by atoms with Gasteiger partial charge < -0.3 is 20.2 Å². The molecule has 0 fully saturated rings. The van der Waals surface area contributed by atoms with Crippen LogP contribution in [0.1, 0.15) is 15.9 Å². The molecule has 3 N–H and O–H groups in total. The monoisotopic (exact) mass is 312 g/mol. The zero-order valence-electron chi connectivity index (χ0n) is 11.1. The maximum Gasteiger partial charge on any atom is 0.323 e. The van der Waals surface area contributed by atoms with Crippen LogP contribution in [-0.2, 0) is 16.2 Å². The molecule has 0 atom stereocenters. The lowest BCUT2D eigenvalue weighted by atomic mass is 10.1. The topological polar surface area (TPSA) is 158 Å². The van der Waals surface area contributed by atoms with E-state index in [4.69, 9.17) is 15.3 Å². The average molecular weight is 312 g/mol. The summed E-state index contributed by atoms with van der Waals surface area (Å²) in [5, 5.41) is 37.2. The summed E-state index contributed by atoms with van der Waals surface area (Å²) in [6.45, 7) is -2.33. The molecule has 1 aromatic carbocycles. The lowest BCUT2D eigenvalue weighted by Gasteiger charge is -2.18.